The van der Waals surface area contributed by atoms with Crippen LogP contribution in [-0.4, -0.2) is 15.0 Å². The number of anilines is 2. The van der Waals surface area contributed by atoms with Crippen molar-refractivity contribution in [3.05, 3.63) is 41.2 Å². The van der Waals surface area contributed by atoms with Gasteiger partial charge in [0.25, 0.3) is 0 Å². The molecule has 0 amide bonds. The molecule has 0 spiro atoms. The number of nitrogens with zero attached hydrogens (tertiary/aromatic N) is 3. The second-order valence-corrected chi connectivity index (χ2v) is 4.28. The second kappa shape index (κ2) is 3.69. The van der Waals surface area contributed by atoms with Gasteiger partial charge >= 0.3 is 0 Å². The first kappa shape index (κ1) is 10.0. The molecule has 5 heteroatoms. The van der Waals surface area contributed by atoms with Crippen molar-refractivity contribution in [2.45, 2.75) is 18.8 Å². The van der Waals surface area contributed by atoms with Crippen molar-refractivity contribution in [2.24, 2.45) is 0 Å². The van der Waals surface area contributed by atoms with Crippen molar-refractivity contribution < 1.29 is 0 Å². The summed E-state index contributed by atoms with van der Waals surface area (Å²) in [5.41, 5.74) is 13.9. The Labute approximate surface area is 98.9 Å². The van der Waals surface area contributed by atoms with Gasteiger partial charge in [-0.2, -0.15) is 15.0 Å². The van der Waals surface area contributed by atoms with Gasteiger partial charge in [-0.1, -0.05) is 24.3 Å². The van der Waals surface area contributed by atoms with Crippen LogP contribution in [0.2, 0.25) is 0 Å². The van der Waals surface area contributed by atoms with E-state index in [1.54, 1.807) is 0 Å². The zero-order valence-corrected chi connectivity index (χ0v) is 9.30. The molecule has 0 aliphatic heterocycles. The summed E-state index contributed by atoms with van der Waals surface area (Å²) in [6, 6.07) is 8.39. The van der Waals surface area contributed by atoms with Crippen LogP contribution in [0.25, 0.3) is 0 Å². The molecule has 5 nitrogen and oxygen atoms in total. The molecule has 0 radical (unpaired) electrons. The molecule has 17 heavy (non-hydrogen) atoms. The van der Waals surface area contributed by atoms with Crippen molar-refractivity contribution in [3.8, 4) is 0 Å². The Bertz CT molecular complexity index is 521. The lowest BCUT2D eigenvalue weighted by molar-refractivity contribution is 0.680. The molecular weight excluding hydrogens is 214 g/mol. The van der Waals surface area contributed by atoms with E-state index >= 15 is 0 Å². The molecule has 1 aliphatic carbocycles. The van der Waals surface area contributed by atoms with Gasteiger partial charge in [0.1, 0.15) is 5.82 Å². The van der Waals surface area contributed by atoms with Crippen LogP contribution in [0.3, 0.4) is 0 Å². The smallest absolute Gasteiger partial charge is 0.225 e. The highest BCUT2D eigenvalue weighted by molar-refractivity contribution is 5.36. The maximum absolute atomic E-state index is 5.59. The maximum Gasteiger partial charge on any atom is 0.225 e. The first-order valence-corrected chi connectivity index (χ1v) is 5.56. The molecule has 0 saturated heterocycles. The lowest BCUT2D eigenvalue weighted by Crippen LogP contribution is -2.11. The Kier molecular flexibility index (Phi) is 2.18. The molecule has 0 unspecified atom stereocenters. The molecule has 1 aliphatic rings. The van der Waals surface area contributed by atoms with Crippen molar-refractivity contribution in [3.63, 3.8) is 0 Å². The molecule has 1 aromatic heterocycles. The molecular formula is C12H13N5. The Hall–Kier alpha value is -2.17. The number of nitrogen functional groups attached to an aromatic ring is 2. The highest BCUT2D eigenvalue weighted by atomic mass is 15.1. The van der Waals surface area contributed by atoms with Crippen LogP contribution in [0.4, 0.5) is 11.9 Å². The van der Waals surface area contributed by atoms with E-state index in [1.165, 1.54) is 11.1 Å². The third-order valence-corrected chi connectivity index (χ3v) is 3.10. The van der Waals surface area contributed by atoms with E-state index < -0.39 is 0 Å². The van der Waals surface area contributed by atoms with Gasteiger partial charge in [-0.05, 0) is 24.0 Å². The molecule has 3 rings (SSSR count). The number of benzene rings is 1. The average molecular weight is 227 g/mol. The predicted octanol–water partition coefficient (Wildman–Crippen LogP) is 0.918. The third-order valence-electron chi connectivity index (χ3n) is 3.10. The normalized spacial score (nSPS) is 14.8. The van der Waals surface area contributed by atoms with Gasteiger partial charge in [-0.25, -0.2) is 0 Å². The standard InChI is InChI=1S/C12H13N5/c13-11-15-10(16-12(14)17-11)9-5-7-3-1-2-4-8(7)6-9/h1-4,9H,5-6H2,(H4,13,14,15,16,17). The Balaban J connectivity index is 1.93. The summed E-state index contributed by atoms with van der Waals surface area (Å²) in [7, 11) is 0. The van der Waals surface area contributed by atoms with Crippen LogP contribution in [0, 0.1) is 0 Å². The van der Waals surface area contributed by atoms with Crippen molar-refractivity contribution >= 4 is 11.9 Å². The highest BCUT2D eigenvalue weighted by Crippen LogP contribution is 2.32. The number of aromatic nitrogens is 3. The van der Waals surface area contributed by atoms with Crippen molar-refractivity contribution in [2.75, 3.05) is 11.5 Å². The van der Waals surface area contributed by atoms with Crippen molar-refractivity contribution in [1.82, 2.24) is 15.0 Å². The van der Waals surface area contributed by atoms with Crippen LogP contribution >= 0.6 is 0 Å². The molecule has 0 fully saturated rings. The summed E-state index contributed by atoms with van der Waals surface area (Å²) in [6.45, 7) is 0. The fourth-order valence-electron chi connectivity index (χ4n) is 2.35. The largest absolute Gasteiger partial charge is 0.368 e. The molecule has 1 aromatic carbocycles. The summed E-state index contributed by atoms with van der Waals surface area (Å²) >= 11 is 0. The maximum atomic E-state index is 5.59. The first-order chi connectivity index (χ1) is 8.22. The summed E-state index contributed by atoms with van der Waals surface area (Å²) in [5.74, 6) is 1.36. The minimum Gasteiger partial charge on any atom is -0.368 e. The molecule has 1 heterocycles. The lowest BCUT2D eigenvalue weighted by Gasteiger charge is -2.07. The predicted molar refractivity (Wildman–Crippen MR) is 65.2 cm³/mol. The van der Waals surface area contributed by atoms with E-state index in [1.807, 2.05) is 0 Å². The van der Waals surface area contributed by atoms with Gasteiger partial charge in [0.2, 0.25) is 11.9 Å². The van der Waals surface area contributed by atoms with Crippen LogP contribution in [0.5, 0.6) is 0 Å². The number of hydrogen-bond donors (Lipinski definition) is 2. The number of nitrogens with two attached hydrogens (primary N) is 2. The summed E-state index contributed by atoms with van der Waals surface area (Å²) in [5, 5.41) is 0. The molecule has 0 bridgehead atoms. The first-order valence-electron chi connectivity index (χ1n) is 5.56. The summed E-state index contributed by atoms with van der Waals surface area (Å²) in [4.78, 5) is 12.1. The third kappa shape index (κ3) is 1.80. The molecule has 86 valence electrons. The highest BCUT2D eigenvalue weighted by Gasteiger charge is 2.25. The zero-order chi connectivity index (χ0) is 11.8. The van der Waals surface area contributed by atoms with Crippen LogP contribution in [0.1, 0.15) is 22.9 Å². The SMILES string of the molecule is Nc1nc(N)nc(C2Cc3ccccc3C2)n1. The minimum absolute atomic E-state index is 0.198. The van der Waals surface area contributed by atoms with Gasteiger partial charge in [-0.3, -0.25) is 0 Å². The van der Waals surface area contributed by atoms with E-state index in [4.69, 9.17) is 11.5 Å². The quantitative estimate of drug-likeness (QED) is 0.756. The molecule has 0 atom stereocenters. The van der Waals surface area contributed by atoms with E-state index in [0.29, 0.717) is 5.82 Å². The van der Waals surface area contributed by atoms with E-state index in [9.17, 15) is 0 Å². The second-order valence-electron chi connectivity index (χ2n) is 4.28. The fraction of sp³-hybridized carbons (Fsp3) is 0.250. The van der Waals surface area contributed by atoms with E-state index in [0.717, 1.165) is 12.8 Å². The minimum atomic E-state index is 0.198. The molecule has 2 aromatic rings. The van der Waals surface area contributed by atoms with E-state index in [2.05, 4.69) is 39.2 Å². The van der Waals surface area contributed by atoms with Gasteiger partial charge in [0.15, 0.2) is 0 Å². The van der Waals surface area contributed by atoms with Crippen molar-refractivity contribution in [1.29, 1.82) is 0 Å². The van der Waals surface area contributed by atoms with Gasteiger partial charge in [-0.15, -0.1) is 0 Å². The fourth-order valence-corrected chi connectivity index (χ4v) is 2.35. The summed E-state index contributed by atoms with van der Waals surface area (Å²) < 4.78 is 0. The lowest BCUT2D eigenvalue weighted by atomic mass is 10.1. The monoisotopic (exact) mass is 227 g/mol. The number of rotatable bonds is 1. The van der Waals surface area contributed by atoms with Gasteiger partial charge < -0.3 is 11.5 Å². The molecule has 4 N–H and O–H groups in total. The van der Waals surface area contributed by atoms with E-state index in [-0.39, 0.29) is 17.8 Å². The van der Waals surface area contributed by atoms with Crippen LogP contribution < -0.4 is 11.5 Å². The average Bonchev–Trinajstić information content (AvgIpc) is 2.71. The molecule has 0 saturated carbocycles. The summed E-state index contributed by atoms with van der Waals surface area (Å²) in [6.07, 6.45) is 1.89. The Morgan fingerprint density at radius 3 is 1.94 bits per heavy atom. The Morgan fingerprint density at radius 2 is 1.41 bits per heavy atom. The zero-order valence-electron chi connectivity index (χ0n) is 9.30. The number of fused-ring (bicyclic) bond motifs is 1. The van der Waals surface area contributed by atoms with Crippen LogP contribution in [0.15, 0.2) is 24.3 Å². The number of hydrogen-bond acceptors (Lipinski definition) is 5. The van der Waals surface area contributed by atoms with Gasteiger partial charge in [0.05, 0.1) is 0 Å². The topological polar surface area (TPSA) is 90.7 Å². The van der Waals surface area contributed by atoms with Gasteiger partial charge in [0, 0.05) is 5.92 Å². The van der Waals surface area contributed by atoms with Crippen LogP contribution in [-0.2, 0) is 12.8 Å². The Morgan fingerprint density at radius 1 is 0.882 bits per heavy atom.